The van der Waals surface area contributed by atoms with Gasteiger partial charge in [-0.2, -0.15) is 0 Å². The van der Waals surface area contributed by atoms with Gasteiger partial charge >= 0.3 is 0 Å². The number of nitrogens with one attached hydrogen (secondary N) is 1. The predicted octanol–water partition coefficient (Wildman–Crippen LogP) is 2.20. The van der Waals surface area contributed by atoms with Crippen LogP contribution in [0.2, 0.25) is 0 Å². The Hall–Kier alpha value is -1.12. The van der Waals surface area contributed by atoms with Crippen LogP contribution in [0.1, 0.15) is 37.9 Å². The topological polar surface area (TPSA) is 32.9 Å². The summed E-state index contributed by atoms with van der Waals surface area (Å²) in [7, 11) is 0. The first-order valence-electron chi connectivity index (χ1n) is 4.47. The highest BCUT2D eigenvalue weighted by atomic mass is 19.1. The van der Waals surface area contributed by atoms with Gasteiger partial charge in [0.25, 0.3) is 5.56 Å². The van der Waals surface area contributed by atoms with Crippen LogP contribution in [0.4, 0.5) is 4.39 Å². The highest BCUT2D eigenvalue weighted by molar-refractivity contribution is 5.18. The van der Waals surface area contributed by atoms with Crippen LogP contribution in [0.15, 0.2) is 10.9 Å². The molecule has 72 valence electrons. The summed E-state index contributed by atoms with van der Waals surface area (Å²) in [5.41, 5.74) is 0.593. The molecule has 0 spiro atoms. The molecule has 13 heavy (non-hydrogen) atoms. The third-order valence-electron chi connectivity index (χ3n) is 2.08. The lowest BCUT2D eigenvalue weighted by molar-refractivity contribution is 0.598. The highest BCUT2D eigenvalue weighted by Gasteiger charge is 2.08. The molecular weight excluding hydrogens is 169 g/mol. The summed E-state index contributed by atoms with van der Waals surface area (Å²) < 4.78 is 13.3. The van der Waals surface area contributed by atoms with Crippen molar-refractivity contribution in [2.24, 2.45) is 0 Å². The van der Waals surface area contributed by atoms with Crippen molar-refractivity contribution in [3.05, 3.63) is 33.5 Å². The van der Waals surface area contributed by atoms with Crippen LogP contribution in [0.5, 0.6) is 0 Å². The van der Waals surface area contributed by atoms with Gasteiger partial charge in [0.05, 0.1) is 5.56 Å². The second kappa shape index (κ2) is 3.73. The Morgan fingerprint density at radius 1 is 1.54 bits per heavy atom. The van der Waals surface area contributed by atoms with Crippen molar-refractivity contribution >= 4 is 0 Å². The van der Waals surface area contributed by atoms with E-state index in [1.54, 1.807) is 6.92 Å². The fourth-order valence-corrected chi connectivity index (χ4v) is 1.22. The van der Waals surface area contributed by atoms with Gasteiger partial charge in [0, 0.05) is 5.69 Å². The van der Waals surface area contributed by atoms with Gasteiger partial charge in [0.1, 0.15) is 5.82 Å². The van der Waals surface area contributed by atoms with Gasteiger partial charge < -0.3 is 4.98 Å². The second-order valence-corrected chi connectivity index (χ2v) is 3.39. The van der Waals surface area contributed by atoms with Gasteiger partial charge in [-0.1, -0.05) is 20.8 Å². The molecule has 1 N–H and O–H groups in total. The van der Waals surface area contributed by atoms with E-state index in [0.717, 1.165) is 0 Å². The van der Waals surface area contributed by atoms with E-state index in [1.807, 2.05) is 13.8 Å². The van der Waals surface area contributed by atoms with E-state index in [1.165, 1.54) is 6.07 Å². The third kappa shape index (κ3) is 1.97. The molecule has 0 aliphatic heterocycles. The molecule has 0 aliphatic carbocycles. The molecule has 0 aliphatic rings. The fourth-order valence-electron chi connectivity index (χ4n) is 1.22. The lowest BCUT2D eigenvalue weighted by atomic mass is 10.1. The van der Waals surface area contributed by atoms with Crippen molar-refractivity contribution in [1.29, 1.82) is 0 Å². The molecule has 0 saturated heterocycles. The summed E-state index contributed by atoms with van der Waals surface area (Å²) in [6, 6.07) is 1.41. The summed E-state index contributed by atoms with van der Waals surface area (Å²) in [6.07, 6.45) is 0.430. The summed E-state index contributed by atoms with van der Waals surface area (Å²) >= 11 is 0. The maximum absolute atomic E-state index is 13.3. The highest BCUT2D eigenvalue weighted by Crippen LogP contribution is 2.12. The van der Waals surface area contributed by atoms with E-state index in [0.29, 0.717) is 12.1 Å². The van der Waals surface area contributed by atoms with Gasteiger partial charge in [-0.05, 0) is 18.4 Å². The molecule has 1 rings (SSSR count). The largest absolute Gasteiger partial charge is 0.326 e. The Kier molecular flexibility index (Phi) is 2.86. The number of halogens is 1. The molecule has 1 aromatic heterocycles. The van der Waals surface area contributed by atoms with Crippen molar-refractivity contribution in [3.8, 4) is 0 Å². The molecule has 1 aromatic rings. The van der Waals surface area contributed by atoms with Crippen molar-refractivity contribution in [3.63, 3.8) is 0 Å². The molecule has 0 bridgehead atoms. The van der Waals surface area contributed by atoms with Gasteiger partial charge in [0.15, 0.2) is 0 Å². The molecule has 2 nitrogen and oxygen atoms in total. The summed E-state index contributed by atoms with van der Waals surface area (Å²) in [4.78, 5) is 14.0. The van der Waals surface area contributed by atoms with Crippen LogP contribution in [0.3, 0.4) is 0 Å². The third-order valence-corrected chi connectivity index (χ3v) is 2.08. The van der Waals surface area contributed by atoms with E-state index in [4.69, 9.17) is 0 Å². The molecule has 0 aromatic carbocycles. The Morgan fingerprint density at radius 3 is 2.54 bits per heavy atom. The van der Waals surface area contributed by atoms with Crippen molar-refractivity contribution in [2.45, 2.75) is 33.1 Å². The first kappa shape index (κ1) is 9.96. The second-order valence-electron chi connectivity index (χ2n) is 3.39. The minimum absolute atomic E-state index is 0.146. The lowest BCUT2D eigenvalue weighted by Crippen LogP contribution is -2.17. The smallest absolute Gasteiger partial charge is 0.254 e. The monoisotopic (exact) mass is 183 g/mol. The zero-order valence-electron chi connectivity index (χ0n) is 8.15. The van der Waals surface area contributed by atoms with Crippen molar-refractivity contribution in [1.82, 2.24) is 4.98 Å². The number of aromatic nitrogens is 1. The average molecular weight is 183 g/mol. The van der Waals surface area contributed by atoms with E-state index in [-0.39, 0.29) is 17.0 Å². The fraction of sp³-hybridized carbons (Fsp3) is 0.500. The minimum atomic E-state index is -0.394. The van der Waals surface area contributed by atoms with Gasteiger partial charge in [0.2, 0.25) is 0 Å². The maximum Gasteiger partial charge on any atom is 0.254 e. The normalized spacial score (nSPS) is 10.8. The van der Waals surface area contributed by atoms with Gasteiger partial charge in [-0.25, -0.2) is 4.39 Å². The molecule has 0 amide bonds. The number of hydrogen-bond acceptors (Lipinski definition) is 1. The summed E-state index contributed by atoms with van der Waals surface area (Å²) in [6.45, 7) is 5.59. The van der Waals surface area contributed by atoms with Crippen molar-refractivity contribution < 1.29 is 4.39 Å². The molecule has 0 saturated carbocycles. The first-order valence-corrected chi connectivity index (χ1v) is 4.47. The number of H-pyrrole nitrogens is 1. The maximum atomic E-state index is 13.3. The number of hydrogen-bond donors (Lipinski definition) is 1. The van der Waals surface area contributed by atoms with E-state index >= 15 is 0 Å². The van der Waals surface area contributed by atoms with Crippen LogP contribution in [0.25, 0.3) is 0 Å². The number of aromatic amines is 1. The molecule has 1 heterocycles. The van der Waals surface area contributed by atoms with Crippen LogP contribution >= 0.6 is 0 Å². The predicted molar refractivity (Wildman–Crippen MR) is 50.5 cm³/mol. The van der Waals surface area contributed by atoms with E-state index in [9.17, 15) is 9.18 Å². The van der Waals surface area contributed by atoms with Gasteiger partial charge in [-0.3, -0.25) is 4.79 Å². The Bertz CT molecular complexity index is 354. The molecule has 0 fully saturated rings. The molecule has 0 radical (unpaired) electrons. The lowest BCUT2D eigenvalue weighted by Gasteiger charge is -2.06. The van der Waals surface area contributed by atoms with E-state index < -0.39 is 5.82 Å². The Balaban J connectivity index is 3.29. The quantitative estimate of drug-likeness (QED) is 0.749. The molecule has 0 atom stereocenters. The molecule has 0 unspecified atom stereocenters. The van der Waals surface area contributed by atoms with E-state index in [2.05, 4.69) is 4.98 Å². The summed E-state index contributed by atoms with van der Waals surface area (Å²) in [5, 5.41) is 0. The number of rotatable bonds is 2. The average Bonchev–Trinajstić information content (AvgIpc) is 2.03. The SMILES string of the molecule is CCc1c(F)cc(C(C)C)[nH]c1=O. The van der Waals surface area contributed by atoms with Crippen LogP contribution < -0.4 is 5.56 Å². The molecule has 3 heteroatoms. The standard InChI is InChI=1S/C10H14FNO/c1-4-7-8(11)5-9(6(2)3)12-10(7)13/h5-6H,4H2,1-3H3,(H,12,13). The van der Waals surface area contributed by atoms with Crippen LogP contribution in [-0.2, 0) is 6.42 Å². The zero-order chi connectivity index (χ0) is 10.0. The Labute approximate surface area is 76.8 Å². The van der Waals surface area contributed by atoms with Gasteiger partial charge in [-0.15, -0.1) is 0 Å². The van der Waals surface area contributed by atoms with Crippen LogP contribution in [-0.4, -0.2) is 4.98 Å². The number of pyridine rings is 1. The first-order chi connectivity index (χ1) is 6.06. The van der Waals surface area contributed by atoms with Crippen LogP contribution in [0, 0.1) is 5.82 Å². The zero-order valence-corrected chi connectivity index (χ0v) is 8.15. The Morgan fingerprint density at radius 2 is 2.15 bits per heavy atom. The van der Waals surface area contributed by atoms with Crippen molar-refractivity contribution in [2.75, 3.05) is 0 Å². The summed E-state index contributed by atoms with van der Waals surface area (Å²) in [5.74, 6) is -0.247. The molecular formula is C10H14FNO. The minimum Gasteiger partial charge on any atom is -0.326 e.